The summed E-state index contributed by atoms with van der Waals surface area (Å²) in [6.45, 7) is 2.31. The maximum Gasteiger partial charge on any atom is 0.213 e. The van der Waals surface area contributed by atoms with Crippen molar-refractivity contribution in [1.82, 2.24) is 4.98 Å². The maximum absolute atomic E-state index is 6.03. The zero-order valence-electron chi connectivity index (χ0n) is 9.48. The molecule has 1 aromatic heterocycles. The van der Waals surface area contributed by atoms with Gasteiger partial charge < -0.3 is 10.5 Å². The van der Waals surface area contributed by atoms with E-state index in [1.54, 1.807) is 6.20 Å². The number of anilines is 1. The number of aromatic nitrogens is 1. The number of aryl methyl sites for hydroxylation is 1. The number of hydrogen-bond donors (Lipinski definition) is 1. The van der Waals surface area contributed by atoms with Crippen molar-refractivity contribution in [2.24, 2.45) is 0 Å². The predicted molar refractivity (Wildman–Crippen MR) is 69.2 cm³/mol. The molecule has 0 aliphatic carbocycles. The van der Waals surface area contributed by atoms with Gasteiger partial charge in [-0.25, -0.2) is 4.98 Å². The molecule has 2 rings (SSSR count). The van der Waals surface area contributed by atoms with Crippen LogP contribution in [0.25, 0.3) is 0 Å². The van der Waals surface area contributed by atoms with E-state index in [1.807, 2.05) is 37.3 Å². The molecule has 0 unspecified atom stereocenters. The highest BCUT2D eigenvalue weighted by Crippen LogP contribution is 2.19. The maximum atomic E-state index is 6.03. The number of benzene rings is 1. The van der Waals surface area contributed by atoms with Gasteiger partial charge in [-0.05, 0) is 18.6 Å². The molecule has 2 aromatic rings. The summed E-state index contributed by atoms with van der Waals surface area (Å²) in [5.74, 6) is 0.552. The Morgan fingerprint density at radius 1 is 1.35 bits per heavy atom. The third-order valence-corrected chi connectivity index (χ3v) is 2.83. The molecule has 17 heavy (non-hydrogen) atoms. The highest BCUT2D eigenvalue weighted by molar-refractivity contribution is 6.31. The lowest BCUT2D eigenvalue weighted by Crippen LogP contribution is -1.99. The minimum Gasteiger partial charge on any atom is -0.473 e. The molecule has 0 atom stereocenters. The van der Waals surface area contributed by atoms with E-state index >= 15 is 0 Å². The monoisotopic (exact) mass is 248 g/mol. The van der Waals surface area contributed by atoms with Crippen molar-refractivity contribution in [2.45, 2.75) is 13.5 Å². The molecule has 0 aliphatic rings. The Balaban J connectivity index is 2.08. The van der Waals surface area contributed by atoms with Gasteiger partial charge in [-0.15, -0.1) is 0 Å². The van der Waals surface area contributed by atoms with Crippen LogP contribution in [0, 0.1) is 6.92 Å². The topological polar surface area (TPSA) is 48.1 Å². The summed E-state index contributed by atoms with van der Waals surface area (Å²) < 4.78 is 5.56. The van der Waals surface area contributed by atoms with E-state index < -0.39 is 0 Å². The molecule has 0 fully saturated rings. The number of nitrogens with two attached hydrogens (primary N) is 1. The lowest BCUT2D eigenvalue weighted by Gasteiger charge is -2.08. The molecular formula is C13H13ClN2O. The van der Waals surface area contributed by atoms with Gasteiger partial charge in [0.1, 0.15) is 6.61 Å². The fraction of sp³-hybridized carbons (Fsp3) is 0.154. The van der Waals surface area contributed by atoms with Gasteiger partial charge in [0.05, 0.1) is 11.9 Å². The second-order valence-corrected chi connectivity index (χ2v) is 4.17. The molecule has 4 heteroatoms. The van der Waals surface area contributed by atoms with Crippen LogP contribution >= 0.6 is 11.6 Å². The highest BCUT2D eigenvalue weighted by Gasteiger charge is 2.02. The van der Waals surface area contributed by atoms with Crippen molar-refractivity contribution in [1.29, 1.82) is 0 Å². The van der Waals surface area contributed by atoms with E-state index in [9.17, 15) is 0 Å². The highest BCUT2D eigenvalue weighted by atomic mass is 35.5. The normalized spacial score (nSPS) is 10.2. The number of rotatable bonds is 3. The van der Waals surface area contributed by atoms with Gasteiger partial charge in [0.25, 0.3) is 0 Å². The summed E-state index contributed by atoms with van der Waals surface area (Å²) >= 11 is 6.03. The first-order valence-electron chi connectivity index (χ1n) is 5.25. The van der Waals surface area contributed by atoms with Gasteiger partial charge in [0, 0.05) is 16.7 Å². The van der Waals surface area contributed by atoms with Crippen molar-refractivity contribution >= 4 is 17.3 Å². The third-order valence-electron chi connectivity index (χ3n) is 2.46. The molecule has 0 spiro atoms. The van der Waals surface area contributed by atoms with Gasteiger partial charge in [-0.2, -0.15) is 0 Å². The Kier molecular flexibility index (Phi) is 3.49. The van der Waals surface area contributed by atoms with Gasteiger partial charge in [0.15, 0.2) is 0 Å². The molecule has 0 radical (unpaired) electrons. The Morgan fingerprint density at radius 3 is 2.82 bits per heavy atom. The average Bonchev–Trinajstić information content (AvgIpc) is 2.32. The third kappa shape index (κ3) is 2.88. The number of halogens is 1. The molecule has 1 heterocycles. The van der Waals surface area contributed by atoms with Crippen LogP contribution in [0.3, 0.4) is 0 Å². The van der Waals surface area contributed by atoms with Crippen LogP contribution in [-0.2, 0) is 6.61 Å². The van der Waals surface area contributed by atoms with E-state index in [0.29, 0.717) is 23.2 Å². The lowest BCUT2D eigenvalue weighted by atomic mass is 10.2. The molecule has 1 aromatic carbocycles. The zero-order chi connectivity index (χ0) is 12.3. The van der Waals surface area contributed by atoms with Gasteiger partial charge in [-0.3, -0.25) is 0 Å². The lowest BCUT2D eigenvalue weighted by molar-refractivity contribution is 0.294. The Hall–Kier alpha value is -1.74. The average molecular weight is 249 g/mol. The quantitative estimate of drug-likeness (QED) is 0.907. The van der Waals surface area contributed by atoms with Crippen molar-refractivity contribution in [3.05, 3.63) is 52.7 Å². The molecule has 3 nitrogen and oxygen atoms in total. The van der Waals surface area contributed by atoms with E-state index in [-0.39, 0.29) is 0 Å². The standard InChI is InChI=1S/C13H13ClN2O/c1-9-6-13(16-7-12(9)15)17-8-10-4-2-3-5-11(10)14/h2-7H,8,15H2,1H3. The Morgan fingerprint density at radius 2 is 2.12 bits per heavy atom. The molecule has 88 valence electrons. The summed E-state index contributed by atoms with van der Waals surface area (Å²) in [5.41, 5.74) is 8.23. The number of nitrogens with zero attached hydrogens (tertiary/aromatic N) is 1. The second kappa shape index (κ2) is 5.06. The van der Waals surface area contributed by atoms with Crippen molar-refractivity contribution in [3.8, 4) is 5.88 Å². The Bertz CT molecular complexity index is 529. The van der Waals surface area contributed by atoms with Crippen LogP contribution in [0.2, 0.25) is 5.02 Å². The van der Waals surface area contributed by atoms with E-state index in [1.165, 1.54) is 0 Å². The minimum atomic E-state index is 0.399. The molecular weight excluding hydrogens is 236 g/mol. The summed E-state index contributed by atoms with van der Waals surface area (Å²) in [6, 6.07) is 9.38. The SMILES string of the molecule is Cc1cc(OCc2ccccc2Cl)ncc1N. The molecule has 0 saturated heterocycles. The molecule has 0 saturated carbocycles. The summed E-state index contributed by atoms with van der Waals surface area (Å²) in [5, 5.41) is 0.694. The number of pyridine rings is 1. The molecule has 2 N–H and O–H groups in total. The number of nitrogen functional groups attached to an aromatic ring is 1. The first-order valence-corrected chi connectivity index (χ1v) is 5.63. The van der Waals surface area contributed by atoms with E-state index in [0.717, 1.165) is 11.1 Å². The minimum absolute atomic E-state index is 0.399. The van der Waals surface area contributed by atoms with Crippen LogP contribution < -0.4 is 10.5 Å². The van der Waals surface area contributed by atoms with Gasteiger partial charge in [0.2, 0.25) is 5.88 Å². The number of hydrogen-bond acceptors (Lipinski definition) is 3. The summed E-state index contributed by atoms with van der Waals surface area (Å²) in [7, 11) is 0. The first kappa shape index (κ1) is 11.7. The smallest absolute Gasteiger partial charge is 0.213 e. The second-order valence-electron chi connectivity index (χ2n) is 3.76. The van der Waals surface area contributed by atoms with Gasteiger partial charge >= 0.3 is 0 Å². The predicted octanol–water partition coefficient (Wildman–Crippen LogP) is 3.20. The largest absolute Gasteiger partial charge is 0.473 e. The van der Waals surface area contributed by atoms with Crippen molar-refractivity contribution < 1.29 is 4.74 Å². The van der Waals surface area contributed by atoms with Crippen molar-refractivity contribution in [2.75, 3.05) is 5.73 Å². The fourth-order valence-corrected chi connectivity index (χ4v) is 1.58. The summed E-state index contributed by atoms with van der Waals surface area (Å²) in [6.07, 6.45) is 1.59. The van der Waals surface area contributed by atoms with Crippen molar-refractivity contribution in [3.63, 3.8) is 0 Å². The van der Waals surface area contributed by atoms with Crippen LogP contribution in [0.5, 0.6) is 5.88 Å². The fourth-order valence-electron chi connectivity index (χ4n) is 1.39. The zero-order valence-corrected chi connectivity index (χ0v) is 10.2. The first-order chi connectivity index (χ1) is 8.16. The summed E-state index contributed by atoms with van der Waals surface area (Å²) in [4.78, 5) is 4.09. The van der Waals surface area contributed by atoms with Crippen LogP contribution in [0.1, 0.15) is 11.1 Å². The van der Waals surface area contributed by atoms with Gasteiger partial charge in [-0.1, -0.05) is 29.8 Å². The Labute approximate surface area is 105 Å². The molecule has 0 aliphatic heterocycles. The van der Waals surface area contributed by atoms with E-state index in [2.05, 4.69) is 4.98 Å². The van der Waals surface area contributed by atoms with Crippen LogP contribution in [-0.4, -0.2) is 4.98 Å². The van der Waals surface area contributed by atoms with Crippen LogP contribution in [0.4, 0.5) is 5.69 Å². The molecule has 0 bridgehead atoms. The molecule has 0 amide bonds. The van der Waals surface area contributed by atoms with Crippen LogP contribution in [0.15, 0.2) is 36.5 Å². The van der Waals surface area contributed by atoms with E-state index in [4.69, 9.17) is 22.1 Å². The number of ether oxygens (including phenoxy) is 1.